The number of hydrogen-bond acceptors (Lipinski definition) is 3. The van der Waals surface area contributed by atoms with Gasteiger partial charge < -0.3 is 14.8 Å². The van der Waals surface area contributed by atoms with E-state index in [2.05, 4.69) is 5.32 Å². The Balaban J connectivity index is 1.29. The molecule has 0 radical (unpaired) electrons. The maximum atomic E-state index is 12.1. The first-order valence-corrected chi connectivity index (χ1v) is 7.93. The molecule has 112 valence electrons. The Bertz CT molecular complexity index is 557. The van der Waals surface area contributed by atoms with Crippen LogP contribution in [0, 0.1) is 17.8 Å². The SMILES string of the molecule is O=C(C[C@H]1C[C@@H]2CC[C@@H]1C2)NCc1ccc2c(c1)OCO2. The van der Waals surface area contributed by atoms with Gasteiger partial charge in [0.2, 0.25) is 12.7 Å². The van der Waals surface area contributed by atoms with Crippen LogP contribution in [0.4, 0.5) is 0 Å². The molecule has 0 saturated heterocycles. The van der Waals surface area contributed by atoms with E-state index in [0.717, 1.165) is 28.9 Å². The molecule has 1 aromatic rings. The molecular formula is C17H21NO3. The summed E-state index contributed by atoms with van der Waals surface area (Å²) in [7, 11) is 0. The van der Waals surface area contributed by atoms with Gasteiger partial charge in [-0.25, -0.2) is 0 Å². The zero-order valence-corrected chi connectivity index (χ0v) is 12.1. The Kier molecular flexibility index (Phi) is 3.24. The molecule has 3 atom stereocenters. The first-order chi connectivity index (χ1) is 10.3. The summed E-state index contributed by atoms with van der Waals surface area (Å²) in [5.74, 6) is 4.08. The van der Waals surface area contributed by atoms with Crippen LogP contribution >= 0.6 is 0 Å². The Morgan fingerprint density at radius 3 is 2.90 bits per heavy atom. The monoisotopic (exact) mass is 287 g/mol. The van der Waals surface area contributed by atoms with E-state index >= 15 is 0 Å². The van der Waals surface area contributed by atoms with Gasteiger partial charge in [-0.2, -0.15) is 0 Å². The lowest BCUT2D eigenvalue weighted by atomic mass is 9.86. The van der Waals surface area contributed by atoms with Crippen LogP contribution in [0.25, 0.3) is 0 Å². The second-order valence-corrected chi connectivity index (χ2v) is 6.60. The number of ether oxygens (including phenoxy) is 2. The average Bonchev–Trinajstić information content (AvgIpc) is 3.20. The quantitative estimate of drug-likeness (QED) is 0.926. The number of rotatable bonds is 4. The lowest BCUT2D eigenvalue weighted by Gasteiger charge is -2.20. The van der Waals surface area contributed by atoms with Crippen LogP contribution < -0.4 is 14.8 Å². The lowest BCUT2D eigenvalue weighted by molar-refractivity contribution is -0.122. The molecule has 4 heteroatoms. The third-order valence-electron chi connectivity index (χ3n) is 5.26. The summed E-state index contributed by atoms with van der Waals surface area (Å²) in [6.07, 6.45) is 6.05. The van der Waals surface area contributed by atoms with E-state index in [-0.39, 0.29) is 12.7 Å². The molecule has 4 nitrogen and oxygen atoms in total. The van der Waals surface area contributed by atoms with E-state index in [1.807, 2.05) is 18.2 Å². The largest absolute Gasteiger partial charge is 0.454 e. The topological polar surface area (TPSA) is 47.6 Å². The zero-order chi connectivity index (χ0) is 14.2. The first kappa shape index (κ1) is 13.0. The zero-order valence-electron chi connectivity index (χ0n) is 12.1. The van der Waals surface area contributed by atoms with Crippen LogP contribution in [0.5, 0.6) is 11.5 Å². The van der Waals surface area contributed by atoms with Crippen molar-refractivity contribution >= 4 is 5.91 Å². The van der Waals surface area contributed by atoms with Crippen molar-refractivity contribution in [3.05, 3.63) is 23.8 Å². The molecule has 2 aliphatic carbocycles. The van der Waals surface area contributed by atoms with Gasteiger partial charge in [-0.1, -0.05) is 12.5 Å². The van der Waals surface area contributed by atoms with Gasteiger partial charge in [-0.3, -0.25) is 4.79 Å². The first-order valence-electron chi connectivity index (χ1n) is 7.93. The summed E-state index contributed by atoms with van der Waals surface area (Å²) < 4.78 is 10.6. The Morgan fingerprint density at radius 2 is 2.10 bits per heavy atom. The van der Waals surface area contributed by atoms with Gasteiger partial charge in [0, 0.05) is 13.0 Å². The highest BCUT2D eigenvalue weighted by molar-refractivity contribution is 5.76. The van der Waals surface area contributed by atoms with Gasteiger partial charge in [-0.15, -0.1) is 0 Å². The maximum absolute atomic E-state index is 12.1. The fraction of sp³-hybridized carbons (Fsp3) is 0.588. The summed E-state index contributed by atoms with van der Waals surface area (Å²) in [4.78, 5) is 12.1. The van der Waals surface area contributed by atoms with Gasteiger partial charge in [0.15, 0.2) is 11.5 Å². The molecule has 3 aliphatic rings. The van der Waals surface area contributed by atoms with E-state index in [9.17, 15) is 4.79 Å². The number of nitrogens with one attached hydrogen (secondary N) is 1. The number of carbonyl (C=O) groups excluding carboxylic acids is 1. The van der Waals surface area contributed by atoms with Crippen molar-refractivity contribution in [3.63, 3.8) is 0 Å². The van der Waals surface area contributed by atoms with E-state index in [0.29, 0.717) is 18.9 Å². The summed E-state index contributed by atoms with van der Waals surface area (Å²) in [5, 5.41) is 3.04. The summed E-state index contributed by atoms with van der Waals surface area (Å²) >= 11 is 0. The van der Waals surface area contributed by atoms with Crippen molar-refractivity contribution in [1.29, 1.82) is 0 Å². The number of fused-ring (bicyclic) bond motifs is 3. The van der Waals surface area contributed by atoms with Crippen molar-refractivity contribution < 1.29 is 14.3 Å². The number of carbonyl (C=O) groups is 1. The molecule has 1 amide bonds. The molecule has 21 heavy (non-hydrogen) atoms. The highest BCUT2D eigenvalue weighted by Gasteiger charge is 2.39. The molecule has 4 rings (SSSR count). The normalized spacial score (nSPS) is 28.9. The van der Waals surface area contributed by atoms with Gasteiger partial charge >= 0.3 is 0 Å². The lowest BCUT2D eigenvalue weighted by Crippen LogP contribution is -2.26. The molecule has 1 N–H and O–H groups in total. The van der Waals surface area contributed by atoms with Gasteiger partial charge in [-0.05, 0) is 54.7 Å². The predicted molar refractivity (Wildman–Crippen MR) is 78.0 cm³/mol. The van der Waals surface area contributed by atoms with E-state index in [4.69, 9.17) is 9.47 Å². The van der Waals surface area contributed by atoms with Crippen LogP contribution in [0.3, 0.4) is 0 Å². The van der Waals surface area contributed by atoms with E-state index in [1.54, 1.807) is 0 Å². The van der Waals surface area contributed by atoms with Crippen LogP contribution in [0.1, 0.15) is 37.7 Å². The molecule has 2 bridgehead atoms. The van der Waals surface area contributed by atoms with Crippen LogP contribution in [0.2, 0.25) is 0 Å². The minimum atomic E-state index is 0.185. The number of amides is 1. The highest BCUT2D eigenvalue weighted by Crippen LogP contribution is 2.49. The Hall–Kier alpha value is -1.71. The molecule has 1 heterocycles. The third kappa shape index (κ3) is 2.59. The van der Waals surface area contributed by atoms with Crippen molar-refractivity contribution in [1.82, 2.24) is 5.32 Å². The average molecular weight is 287 g/mol. The number of hydrogen-bond donors (Lipinski definition) is 1. The van der Waals surface area contributed by atoms with Crippen LogP contribution in [0.15, 0.2) is 18.2 Å². The van der Waals surface area contributed by atoms with Crippen LogP contribution in [-0.4, -0.2) is 12.7 Å². The summed E-state index contributed by atoms with van der Waals surface area (Å²) in [6, 6.07) is 5.82. The Labute approximate surface area is 124 Å². The second-order valence-electron chi connectivity index (χ2n) is 6.60. The van der Waals surface area contributed by atoms with Gasteiger partial charge in [0.05, 0.1) is 0 Å². The molecule has 0 spiro atoms. The molecule has 2 saturated carbocycles. The number of benzene rings is 1. The smallest absolute Gasteiger partial charge is 0.231 e. The van der Waals surface area contributed by atoms with Gasteiger partial charge in [0.25, 0.3) is 0 Å². The van der Waals surface area contributed by atoms with Crippen molar-refractivity contribution in [2.24, 2.45) is 17.8 Å². The predicted octanol–water partition coefficient (Wildman–Crippen LogP) is 2.86. The molecule has 0 unspecified atom stereocenters. The molecule has 0 aromatic heterocycles. The highest BCUT2D eigenvalue weighted by atomic mass is 16.7. The van der Waals surface area contributed by atoms with Crippen molar-refractivity contribution in [2.45, 2.75) is 38.6 Å². The minimum Gasteiger partial charge on any atom is -0.454 e. The van der Waals surface area contributed by atoms with E-state index in [1.165, 1.54) is 25.7 Å². The fourth-order valence-corrected chi connectivity index (χ4v) is 4.19. The van der Waals surface area contributed by atoms with Crippen molar-refractivity contribution in [2.75, 3.05) is 6.79 Å². The van der Waals surface area contributed by atoms with Gasteiger partial charge in [0.1, 0.15) is 0 Å². The molecular weight excluding hydrogens is 266 g/mol. The summed E-state index contributed by atoms with van der Waals surface area (Å²) in [5.41, 5.74) is 1.06. The standard InChI is InChI=1S/C17H21NO3/c19-17(8-14-6-11-1-3-13(14)5-11)18-9-12-2-4-15-16(7-12)21-10-20-15/h2,4,7,11,13-14H,1,3,5-6,8-10H2,(H,18,19)/t11-,13-,14-/m1/s1. The van der Waals surface area contributed by atoms with Crippen LogP contribution in [-0.2, 0) is 11.3 Å². The van der Waals surface area contributed by atoms with Crippen molar-refractivity contribution in [3.8, 4) is 11.5 Å². The Morgan fingerprint density at radius 1 is 1.19 bits per heavy atom. The molecule has 1 aromatic carbocycles. The maximum Gasteiger partial charge on any atom is 0.231 e. The minimum absolute atomic E-state index is 0.185. The van der Waals surface area contributed by atoms with E-state index < -0.39 is 0 Å². The molecule has 2 fully saturated rings. The summed E-state index contributed by atoms with van der Waals surface area (Å²) in [6.45, 7) is 0.853. The molecule has 1 aliphatic heterocycles. The fourth-order valence-electron chi connectivity index (χ4n) is 4.19. The third-order valence-corrected chi connectivity index (χ3v) is 5.26. The second kappa shape index (κ2) is 5.24.